The largest absolute Gasteiger partial charge is 0.467 e. The van der Waals surface area contributed by atoms with Crippen LogP contribution < -0.4 is 5.32 Å². The lowest BCUT2D eigenvalue weighted by molar-refractivity contribution is -0.120. The molecule has 0 radical (unpaired) electrons. The van der Waals surface area contributed by atoms with Gasteiger partial charge in [0, 0.05) is 6.54 Å². The first-order valence-electron chi connectivity index (χ1n) is 7.29. The highest BCUT2D eigenvalue weighted by atomic mass is 32.2. The van der Waals surface area contributed by atoms with Crippen molar-refractivity contribution in [3.05, 3.63) is 24.2 Å². The van der Waals surface area contributed by atoms with E-state index in [2.05, 4.69) is 34.7 Å². The number of furan rings is 1. The molecule has 2 aromatic rings. The van der Waals surface area contributed by atoms with Crippen LogP contribution in [-0.4, -0.2) is 37.9 Å². The molecular formula is C14H21N5O2S. The molecule has 1 amide bonds. The molecule has 2 rings (SSSR count). The van der Waals surface area contributed by atoms with Gasteiger partial charge in [-0.05, 0) is 41.8 Å². The molecule has 1 atom stereocenters. The fourth-order valence-corrected chi connectivity index (χ4v) is 2.58. The van der Waals surface area contributed by atoms with E-state index >= 15 is 0 Å². The van der Waals surface area contributed by atoms with E-state index in [0.717, 1.165) is 12.2 Å². The fraction of sp³-hybridized carbons (Fsp3) is 0.571. The Morgan fingerprint density at radius 2 is 2.27 bits per heavy atom. The van der Waals surface area contributed by atoms with E-state index in [1.807, 2.05) is 19.1 Å². The lowest BCUT2D eigenvalue weighted by Crippen LogP contribution is -2.32. The van der Waals surface area contributed by atoms with Crippen molar-refractivity contribution >= 4 is 17.7 Å². The minimum Gasteiger partial charge on any atom is -0.467 e. The van der Waals surface area contributed by atoms with Crippen LogP contribution in [0.2, 0.25) is 0 Å². The molecule has 8 heteroatoms. The van der Waals surface area contributed by atoms with Gasteiger partial charge in [0.05, 0.1) is 11.5 Å². The highest BCUT2D eigenvalue weighted by Crippen LogP contribution is 2.21. The molecule has 0 aromatic carbocycles. The van der Waals surface area contributed by atoms with Crippen molar-refractivity contribution in [3.8, 4) is 0 Å². The fourth-order valence-electron chi connectivity index (χ4n) is 1.77. The quantitative estimate of drug-likeness (QED) is 0.747. The van der Waals surface area contributed by atoms with Crippen LogP contribution in [0.1, 0.15) is 33.0 Å². The van der Waals surface area contributed by atoms with Crippen LogP contribution in [0.25, 0.3) is 0 Å². The van der Waals surface area contributed by atoms with Gasteiger partial charge in [0.25, 0.3) is 0 Å². The van der Waals surface area contributed by atoms with Gasteiger partial charge in [0.1, 0.15) is 12.3 Å². The van der Waals surface area contributed by atoms with Gasteiger partial charge in [0.2, 0.25) is 11.1 Å². The highest BCUT2D eigenvalue weighted by Gasteiger charge is 2.18. The third kappa shape index (κ3) is 4.87. The molecule has 0 aliphatic rings. The van der Waals surface area contributed by atoms with E-state index in [4.69, 9.17) is 4.42 Å². The van der Waals surface area contributed by atoms with Crippen LogP contribution in [0.5, 0.6) is 0 Å². The maximum atomic E-state index is 12.1. The number of hydrogen-bond acceptors (Lipinski definition) is 6. The summed E-state index contributed by atoms with van der Waals surface area (Å²) in [6.07, 6.45) is 2.58. The second-order valence-electron chi connectivity index (χ2n) is 5.43. The molecule has 0 fully saturated rings. The Bertz CT molecular complexity index is 582. The molecule has 2 heterocycles. The van der Waals surface area contributed by atoms with Crippen LogP contribution in [0.3, 0.4) is 0 Å². The third-order valence-electron chi connectivity index (χ3n) is 3.06. The maximum absolute atomic E-state index is 12.1. The van der Waals surface area contributed by atoms with Gasteiger partial charge in [-0.15, -0.1) is 5.10 Å². The van der Waals surface area contributed by atoms with Crippen molar-refractivity contribution in [2.75, 3.05) is 6.54 Å². The minimum absolute atomic E-state index is 0.00167. The minimum atomic E-state index is -0.256. The number of tetrazole rings is 1. The number of nitrogens with one attached hydrogen (secondary N) is 1. The van der Waals surface area contributed by atoms with Crippen LogP contribution in [0.15, 0.2) is 28.0 Å². The average Bonchev–Trinajstić information content (AvgIpc) is 3.11. The molecule has 1 unspecified atom stereocenters. The van der Waals surface area contributed by atoms with E-state index in [9.17, 15) is 4.79 Å². The van der Waals surface area contributed by atoms with Crippen molar-refractivity contribution in [2.24, 2.45) is 5.92 Å². The summed E-state index contributed by atoms with van der Waals surface area (Å²) in [6, 6.07) is 3.68. The number of amides is 1. The summed E-state index contributed by atoms with van der Waals surface area (Å²) < 4.78 is 6.91. The molecule has 0 spiro atoms. The zero-order valence-electron chi connectivity index (χ0n) is 13.0. The number of hydrogen-bond donors (Lipinski definition) is 1. The molecule has 0 saturated carbocycles. The topological polar surface area (TPSA) is 85.8 Å². The summed E-state index contributed by atoms with van der Waals surface area (Å²) in [4.78, 5) is 12.1. The summed E-state index contributed by atoms with van der Waals surface area (Å²) in [5, 5.41) is 14.9. The van der Waals surface area contributed by atoms with Gasteiger partial charge < -0.3 is 9.73 Å². The van der Waals surface area contributed by atoms with Crippen molar-refractivity contribution < 1.29 is 9.21 Å². The smallest absolute Gasteiger partial charge is 0.233 e. The Kier molecular flexibility index (Phi) is 6.00. The van der Waals surface area contributed by atoms with E-state index in [0.29, 0.717) is 24.2 Å². The lowest BCUT2D eigenvalue weighted by atomic mass is 10.1. The Labute approximate surface area is 133 Å². The third-order valence-corrected chi connectivity index (χ3v) is 4.13. The van der Waals surface area contributed by atoms with Gasteiger partial charge in [-0.2, -0.15) is 0 Å². The Morgan fingerprint density at radius 3 is 2.95 bits per heavy atom. The molecule has 1 N–H and O–H groups in total. The first-order chi connectivity index (χ1) is 10.6. The molecule has 22 heavy (non-hydrogen) atoms. The predicted octanol–water partition coefficient (Wildman–Crippen LogP) is 1.96. The number of carbonyl (C=O) groups excluding carboxylic acids is 1. The van der Waals surface area contributed by atoms with Crippen molar-refractivity contribution in [2.45, 2.75) is 44.1 Å². The zero-order chi connectivity index (χ0) is 15.9. The normalized spacial score (nSPS) is 12.5. The maximum Gasteiger partial charge on any atom is 0.233 e. The SMILES string of the molecule is CC(C)CCNC(=O)C(C)Sc1nnnn1Cc1ccco1. The molecule has 120 valence electrons. The zero-order valence-corrected chi connectivity index (χ0v) is 13.8. The number of nitrogens with zero attached hydrogens (tertiary/aromatic N) is 4. The first-order valence-corrected chi connectivity index (χ1v) is 8.17. The summed E-state index contributed by atoms with van der Waals surface area (Å²) in [5.74, 6) is 1.34. The van der Waals surface area contributed by atoms with Crippen LogP contribution in [0.4, 0.5) is 0 Å². The predicted molar refractivity (Wildman–Crippen MR) is 83.4 cm³/mol. The van der Waals surface area contributed by atoms with Gasteiger partial charge >= 0.3 is 0 Å². The molecule has 0 saturated heterocycles. The Balaban J connectivity index is 1.87. The van der Waals surface area contributed by atoms with Crippen molar-refractivity contribution in [3.63, 3.8) is 0 Å². The Hall–Kier alpha value is -1.83. The molecule has 0 bridgehead atoms. The second kappa shape index (κ2) is 7.98. The molecule has 0 aliphatic heterocycles. The second-order valence-corrected chi connectivity index (χ2v) is 6.74. The van der Waals surface area contributed by atoms with E-state index in [-0.39, 0.29) is 11.2 Å². The molecule has 7 nitrogen and oxygen atoms in total. The van der Waals surface area contributed by atoms with E-state index in [1.165, 1.54) is 11.8 Å². The van der Waals surface area contributed by atoms with Crippen LogP contribution in [0, 0.1) is 5.92 Å². The van der Waals surface area contributed by atoms with E-state index < -0.39 is 0 Å². The molecule has 0 aliphatic carbocycles. The van der Waals surface area contributed by atoms with Gasteiger partial charge in [-0.25, -0.2) is 4.68 Å². The van der Waals surface area contributed by atoms with Crippen molar-refractivity contribution in [1.29, 1.82) is 0 Å². The number of thioether (sulfide) groups is 1. The van der Waals surface area contributed by atoms with Gasteiger partial charge in [0.15, 0.2) is 0 Å². The summed E-state index contributed by atoms with van der Waals surface area (Å²) in [6.45, 7) is 7.25. The Morgan fingerprint density at radius 1 is 1.45 bits per heavy atom. The standard InChI is InChI=1S/C14H21N5O2S/c1-10(2)6-7-15-13(20)11(3)22-14-16-17-18-19(14)9-12-5-4-8-21-12/h4-5,8,10-11H,6-7,9H2,1-3H3,(H,15,20). The van der Waals surface area contributed by atoms with Crippen LogP contribution >= 0.6 is 11.8 Å². The van der Waals surface area contributed by atoms with Crippen LogP contribution in [-0.2, 0) is 11.3 Å². The van der Waals surface area contributed by atoms with E-state index in [1.54, 1.807) is 10.9 Å². The monoisotopic (exact) mass is 323 g/mol. The van der Waals surface area contributed by atoms with Crippen molar-refractivity contribution in [1.82, 2.24) is 25.5 Å². The molecule has 2 aromatic heterocycles. The first kappa shape index (κ1) is 16.5. The van der Waals surface area contributed by atoms with Gasteiger partial charge in [-0.1, -0.05) is 25.6 Å². The summed E-state index contributed by atoms with van der Waals surface area (Å²) >= 11 is 1.34. The lowest BCUT2D eigenvalue weighted by Gasteiger charge is -2.12. The summed E-state index contributed by atoms with van der Waals surface area (Å²) in [7, 11) is 0. The summed E-state index contributed by atoms with van der Waals surface area (Å²) in [5.41, 5.74) is 0. The average molecular weight is 323 g/mol. The molecular weight excluding hydrogens is 302 g/mol. The number of carbonyl (C=O) groups is 1. The van der Waals surface area contributed by atoms with Gasteiger partial charge in [-0.3, -0.25) is 4.79 Å². The number of rotatable bonds is 8. The number of aromatic nitrogens is 4. The highest BCUT2D eigenvalue weighted by molar-refractivity contribution is 8.00.